The summed E-state index contributed by atoms with van der Waals surface area (Å²) < 4.78 is 14.9. The van der Waals surface area contributed by atoms with Crippen LogP contribution in [0.3, 0.4) is 0 Å². The molecule has 0 aliphatic heterocycles. The fourth-order valence-electron chi connectivity index (χ4n) is 2.71. The first-order chi connectivity index (χ1) is 14.2. The van der Waals surface area contributed by atoms with E-state index >= 15 is 0 Å². The Morgan fingerprint density at radius 3 is 2.00 bits per heavy atom. The van der Waals surface area contributed by atoms with Gasteiger partial charge >= 0.3 is 17.9 Å². The lowest BCUT2D eigenvalue weighted by molar-refractivity contribution is -0.162. The van der Waals surface area contributed by atoms with Gasteiger partial charge in [0.05, 0.1) is 18.2 Å². The number of rotatable bonds is 12. The molecule has 0 radical (unpaired) electrons. The molecule has 10 heteroatoms. The van der Waals surface area contributed by atoms with Crippen molar-refractivity contribution >= 4 is 46.9 Å². The van der Waals surface area contributed by atoms with Crippen molar-refractivity contribution in [3.8, 4) is 5.75 Å². The van der Waals surface area contributed by atoms with Crippen molar-refractivity contribution < 1.29 is 38.5 Å². The van der Waals surface area contributed by atoms with Crippen molar-refractivity contribution in [1.29, 1.82) is 0 Å². The molecule has 1 N–H and O–H groups in total. The van der Waals surface area contributed by atoms with Crippen LogP contribution in [0, 0.1) is 11.8 Å². The molecule has 8 nitrogen and oxygen atoms in total. The average Bonchev–Trinajstić information content (AvgIpc) is 2.69. The Hall–Kier alpha value is -2.32. The predicted molar refractivity (Wildman–Crippen MR) is 109 cm³/mol. The summed E-state index contributed by atoms with van der Waals surface area (Å²) in [5.41, 5.74) is 0.0719. The van der Waals surface area contributed by atoms with Gasteiger partial charge in [-0.1, -0.05) is 30.1 Å². The molecule has 0 heterocycles. The van der Waals surface area contributed by atoms with Gasteiger partial charge in [0, 0.05) is 11.5 Å². The van der Waals surface area contributed by atoms with Crippen molar-refractivity contribution in [2.24, 2.45) is 11.8 Å². The number of Topliss-reactive ketones (excluding diaryl/α,β-unsaturated/α-hetero) is 1. The molecule has 0 spiro atoms. The SMILES string of the molecule is CCOC(=O)C(CC(CC)C(=O)c1ccc(OCC(=O)O)c(Cl)c1Cl)C(=O)OCC. The fraction of sp³-hybridized carbons (Fsp3) is 0.500. The number of benzene rings is 1. The first kappa shape index (κ1) is 25.7. The maximum absolute atomic E-state index is 13.0. The zero-order valence-electron chi connectivity index (χ0n) is 16.9. The number of aliphatic carboxylic acids is 1. The van der Waals surface area contributed by atoms with Crippen molar-refractivity contribution in [3.63, 3.8) is 0 Å². The van der Waals surface area contributed by atoms with Gasteiger partial charge in [-0.25, -0.2) is 4.79 Å². The Labute approximate surface area is 184 Å². The van der Waals surface area contributed by atoms with Gasteiger partial charge in [0.2, 0.25) is 0 Å². The first-order valence-corrected chi connectivity index (χ1v) is 10.1. The van der Waals surface area contributed by atoms with E-state index in [1.807, 2.05) is 0 Å². The molecule has 0 saturated heterocycles. The number of ketones is 1. The molecule has 1 unspecified atom stereocenters. The summed E-state index contributed by atoms with van der Waals surface area (Å²) in [6, 6.07) is 2.70. The highest BCUT2D eigenvalue weighted by molar-refractivity contribution is 6.44. The highest BCUT2D eigenvalue weighted by Crippen LogP contribution is 2.36. The molecule has 1 aromatic carbocycles. The quantitative estimate of drug-likeness (QED) is 0.283. The normalized spacial score (nSPS) is 11.7. The van der Waals surface area contributed by atoms with Crippen LogP contribution in [0.25, 0.3) is 0 Å². The predicted octanol–water partition coefficient (Wildman–Crippen LogP) is 3.80. The van der Waals surface area contributed by atoms with Crippen LogP contribution in [-0.4, -0.2) is 48.6 Å². The molecule has 0 bridgehead atoms. The largest absolute Gasteiger partial charge is 0.480 e. The third-order valence-corrected chi connectivity index (χ3v) is 5.05. The Morgan fingerprint density at radius 2 is 1.53 bits per heavy atom. The van der Waals surface area contributed by atoms with Crippen molar-refractivity contribution in [2.45, 2.75) is 33.6 Å². The lowest BCUT2D eigenvalue weighted by Crippen LogP contribution is -2.32. The topological polar surface area (TPSA) is 116 Å². The molecule has 1 aromatic rings. The zero-order chi connectivity index (χ0) is 22.8. The summed E-state index contributed by atoms with van der Waals surface area (Å²) >= 11 is 12.3. The number of hydrogen-bond donors (Lipinski definition) is 1. The van der Waals surface area contributed by atoms with E-state index in [4.69, 9.17) is 42.5 Å². The number of ether oxygens (including phenoxy) is 3. The second-order valence-corrected chi connectivity index (χ2v) is 6.94. The highest BCUT2D eigenvalue weighted by atomic mass is 35.5. The first-order valence-electron chi connectivity index (χ1n) is 9.37. The third kappa shape index (κ3) is 6.88. The van der Waals surface area contributed by atoms with E-state index in [-0.39, 0.29) is 41.0 Å². The molecule has 1 rings (SSSR count). The number of carbonyl (C=O) groups is 4. The molecule has 0 aliphatic carbocycles. The van der Waals surface area contributed by atoms with Crippen LogP contribution >= 0.6 is 23.2 Å². The van der Waals surface area contributed by atoms with Gasteiger partial charge in [-0.2, -0.15) is 0 Å². The van der Waals surface area contributed by atoms with E-state index in [0.717, 1.165) is 0 Å². The third-order valence-electron chi connectivity index (χ3n) is 4.19. The van der Waals surface area contributed by atoms with Crippen LogP contribution in [0.1, 0.15) is 44.0 Å². The Balaban J connectivity index is 3.13. The second-order valence-electron chi connectivity index (χ2n) is 6.18. The molecular formula is C20H24Cl2O8. The maximum Gasteiger partial charge on any atom is 0.341 e. The summed E-state index contributed by atoms with van der Waals surface area (Å²) in [6.07, 6.45) is 0.206. The minimum atomic E-state index is -1.24. The number of carboxylic acids is 1. The van der Waals surface area contributed by atoms with Gasteiger partial charge in [0.1, 0.15) is 10.8 Å². The van der Waals surface area contributed by atoms with Crippen LogP contribution in [0.2, 0.25) is 10.0 Å². The molecule has 0 aliphatic rings. The Morgan fingerprint density at radius 1 is 0.967 bits per heavy atom. The molecule has 0 saturated carbocycles. The second kappa shape index (κ2) is 12.4. The van der Waals surface area contributed by atoms with Gasteiger partial charge < -0.3 is 19.3 Å². The van der Waals surface area contributed by atoms with Gasteiger partial charge in [0.25, 0.3) is 0 Å². The van der Waals surface area contributed by atoms with Gasteiger partial charge in [0.15, 0.2) is 18.3 Å². The molecule has 30 heavy (non-hydrogen) atoms. The van der Waals surface area contributed by atoms with Crippen LogP contribution in [-0.2, 0) is 23.9 Å². The van der Waals surface area contributed by atoms with Gasteiger partial charge in [-0.3, -0.25) is 14.4 Å². The summed E-state index contributed by atoms with van der Waals surface area (Å²) in [5, 5.41) is 8.49. The van der Waals surface area contributed by atoms with Gasteiger partial charge in [-0.05, 0) is 38.8 Å². The standard InChI is InChI=1S/C20H24Cl2O8/c1-4-11(9-13(19(26)28-5-2)20(27)29-6-3)18(25)12-7-8-14(17(22)16(12)21)30-10-15(23)24/h7-8,11,13H,4-6,9-10H2,1-3H3,(H,23,24). The monoisotopic (exact) mass is 462 g/mol. The van der Waals surface area contributed by atoms with Crippen molar-refractivity contribution in [1.82, 2.24) is 0 Å². The van der Waals surface area contributed by atoms with E-state index in [2.05, 4.69) is 0 Å². The Bertz CT molecular complexity index is 775. The number of halogens is 2. The van der Waals surface area contributed by atoms with Crippen LogP contribution in [0.15, 0.2) is 12.1 Å². The van der Waals surface area contributed by atoms with Crippen LogP contribution < -0.4 is 4.74 Å². The van der Waals surface area contributed by atoms with E-state index in [1.165, 1.54) is 12.1 Å². The maximum atomic E-state index is 13.0. The Kier molecular flexibility index (Phi) is 10.6. The van der Waals surface area contributed by atoms with E-state index in [0.29, 0.717) is 6.42 Å². The summed E-state index contributed by atoms with van der Waals surface area (Å²) in [6.45, 7) is 4.49. The molecule has 1 atom stereocenters. The number of carbonyl (C=O) groups excluding carboxylic acids is 3. The minimum absolute atomic E-state index is 0.0181. The summed E-state index contributed by atoms with van der Waals surface area (Å²) in [4.78, 5) is 48.1. The smallest absolute Gasteiger partial charge is 0.341 e. The highest BCUT2D eigenvalue weighted by Gasteiger charge is 2.35. The minimum Gasteiger partial charge on any atom is -0.480 e. The summed E-state index contributed by atoms with van der Waals surface area (Å²) in [7, 11) is 0. The van der Waals surface area contributed by atoms with Gasteiger partial charge in [-0.15, -0.1) is 0 Å². The van der Waals surface area contributed by atoms with E-state index in [9.17, 15) is 19.2 Å². The molecule has 0 aromatic heterocycles. The van der Waals surface area contributed by atoms with Crippen molar-refractivity contribution in [3.05, 3.63) is 27.7 Å². The number of carboxylic acid groups (broad SMARTS) is 1. The molecule has 0 amide bonds. The van der Waals surface area contributed by atoms with Crippen LogP contribution in [0.5, 0.6) is 5.75 Å². The number of hydrogen-bond acceptors (Lipinski definition) is 7. The lowest BCUT2D eigenvalue weighted by atomic mass is 9.86. The molecule has 0 fully saturated rings. The van der Waals surface area contributed by atoms with Crippen LogP contribution in [0.4, 0.5) is 0 Å². The zero-order valence-corrected chi connectivity index (χ0v) is 18.4. The molecular weight excluding hydrogens is 439 g/mol. The average molecular weight is 463 g/mol. The van der Waals surface area contributed by atoms with Crippen molar-refractivity contribution in [2.75, 3.05) is 19.8 Å². The molecule has 166 valence electrons. The fourth-order valence-corrected chi connectivity index (χ4v) is 3.18. The lowest BCUT2D eigenvalue weighted by Gasteiger charge is -2.20. The van der Waals surface area contributed by atoms with E-state index in [1.54, 1.807) is 20.8 Å². The number of esters is 2. The summed E-state index contributed by atoms with van der Waals surface area (Å²) in [5.74, 6) is -5.10. The van der Waals surface area contributed by atoms with E-state index < -0.39 is 42.1 Å².